The summed E-state index contributed by atoms with van der Waals surface area (Å²) in [6.07, 6.45) is 1.84. The van der Waals surface area contributed by atoms with E-state index in [-0.39, 0.29) is 85.3 Å². The van der Waals surface area contributed by atoms with Crippen molar-refractivity contribution < 1.29 is 58.4 Å². The van der Waals surface area contributed by atoms with E-state index in [1.54, 1.807) is 40.6 Å². The molecular weight excluding hydrogens is 744 g/mol. The van der Waals surface area contributed by atoms with Crippen LogP contribution in [0.15, 0.2) is 48.5 Å². The molecule has 4 aromatic carbocycles. The summed E-state index contributed by atoms with van der Waals surface area (Å²) in [5.41, 5.74) is 5.08. The predicted molar refractivity (Wildman–Crippen MR) is 217 cm³/mol. The summed E-state index contributed by atoms with van der Waals surface area (Å²) in [6.45, 7) is 3.45. The van der Waals surface area contributed by atoms with Crippen molar-refractivity contribution in [3.05, 3.63) is 115 Å². The van der Waals surface area contributed by atoms with E-state index in [9.17, 15) is 30.0 Å². The molecule has 0 bridgehead atoms. The number of hydrogen-bond acceptors (Lipinski definition) is 12. The van der Waals surface area contributed by atoms with Crippen LogP contribution in [0.1, 0.15) is 116 Å². The molecule has 1 aliphatic carbocycles. The lowest BCUT2D eigenvalue weighted by molar-refractivity contribution is 0.100. The molecule has 1 fully saturated rings. The van der Waals surface area contributed by atoms with Crippen LogP contribution in [0.25, 0.3) is 0 Å². The summed E-state index contributed by atoms with van der Waals surface area (Å²) < 4.78 is 33.1. The maximum Gasteiger partial charge on any atom is 0.163 e. The van der Waals surface area contributed by atoms with Gasteiger partial charge < -0.3 is 48.8 Å². The molecule has 0 heterocycles. The summed E-state index contributed by atoms with van der Waals surface area (Å²) in [5.74, 6) is -0.776. The molecule has 0 saturated heterocycles. The van der Waals surface area contributed by atoms with Gasteiger partial charge >= 0.3 is 0 Å². The normalized spacial score (nSPS) is 18.1. The van der Waals surface area contributed by atoms with E-state index in [1.807, 2.05) is 36.4 Å². The van der Waals surface area contributed by atoms with Crippen LogP contribution in [-0.4, -0.2) is 74.7 Å². The van der Waals surface area contributed by atoms with E-state index in [2.05, 4.69) is 0 Å². The van der Waals surface area contributed by atoms with E-state index < -0.39 is 10.8 Å². The van der Waals surface area contributed by atoms with E-state index in [1.165, 1.54) is 28.1 Å². The van der Waals surface area contributed by atoms with Gasteiger partial charge in [-0.25, -0.2) is 0 Å². The first-order chi connectivity index (χ1) is 27.7. The largest absolute Gasteiger partial charge is 0.507 e. The van der Waals surface area contributed by atoms with Gasteiger partial charge in [0.1, 0.15) is 23.0 Å². The summed E-state index contributed by atoms with van der Waals surface area (Å²) in [6, 6.07) is 15.0. The number of Topliss-reactive ketones (excluding diaryl/α,β-unsaturated/α-hetero) is 2. The van der Waals surface area contributed by atoms with Gasteiger partial charge in [0.05, 0.1) is 50.8 Å². The number of aromatic hydroxyl groups is 4. The number of ketones is 2. The average molecular weight is 801 g/mol. The number of ether oxygens (including phenoxy) is 6. The smallest absolute Gasteiger partial charge is 0.163 e. The van der Waals surface area contributed by atoms with Crippen molar-refractivity contribution in [1.29, 1.82) is 0 Å². The molecule has 5 rings (SSSR count). The highest BCUT2D eigenvalue weighted by molar-refractivity contribution is 5.98. The van der Waals surface area contributed by atoms with Gasteiger partial charge in [0.2, 0.25) is 0 Å². The maximum absolute atomic E-state index is 13.1. The minimum atomic E-state index is -0.820. The number of phenolic OH excluding ortho intramolecular Hbond substituents is 4. The summed E-state index contributed by atoms with van der Waals surface area (Å²) >= 11 is 0. The topological polar surface area (TPSA) is 170 Å². The molecule has 0 spiro atoms. The molecule has 0 aromatic heterocycles. The average Bonchev–Trinajstić information content (AvgIpc) is 3.19. The first-order valence-corrected chi connectivity index (χ1v) is 19.1. The number of methoxy groups -OCH3 is 6. The Morgan fingerprint density at radius 1 is 0.414 bits per heavy atom. The zero-order valence-corrected chi connectivity index (χ0v) is 34.7. The second-order valence-electron chi connectivity index (χ2n) is 15.2. The number of carbonyl (C=O) groups excluding carboxylic acids is 2. The molecule has 58 heavy (non-hydrogen) atoms. The van der Waals surface area contributed by atoms with Crippen LogP contribution in [0.5, 0.6) is 23.0 Å². The third-order valence-corrected chi connectivity index (χ3v) is 11.6. The van der Waals surface area contributed by atoms with Crippen LogP contribution in [0.4, 0.5) is 0 Å². The molecule has 12 nitrogen and oxygen atoms in total. The van der Waals surface area contributed by atoms with Gasteiger partial charge in [-0.3, -0.25) is 9.59 Å². The van der Waals surface area contributed by atoms with E-state index in [0.29, 0.717) is 59.1 Å². The Labute approximate surface area is 340 Å². The maximum atomic E-state index is 13.1. The molecule has 0 unspecified atom stereocenters. The van der Waals surface area contributed by atoms with Crippen molar-refractivity contribution in [2.45, 2.75) is 90.0 Å². The molecular formula is C46H56O12. The molecule has 1 aliphatic rings. The quantitative estimate of drug-likeness (QED) is 0.0727. The highest BCUT2D eigenvalue weighted by atomic mass is 16.5. The molecule has 0 atom stereocenters. The fourth-order valence-corrected chi connectivity index (χ4v) is 8.74. The minimum absolute atomic E-state index is 0.0566. The van der Waals surface area contributed by atoms with Crippen LogP contribution in [0, 0.1) is 0 Å². The zero-order chi connectivity index (χ0) is 42.4. The molecule has 4 aromatic rings. The number of benzene rings is 4. The molecule has 1 saturated carbocycles. The van der Waals surface area contributed by atoms with Crippen LogP contribution >= 0.6 is 0 Å². The van der Waals surface area contributed by atoms with Gasteiger partial charge in [0, 0.05) is 86.9 Å². The lowest BCUT2D eigenvalue weighted by Crippen LogP contribution is -2.42. The van der Waals surface area contributed by atoms with Crippen molar-refractivity contribution in [2.75, 3.05) is 42.7 Å². The van der Waals surface area contributed by atoms with Gasteiger partial charge in [0.15, 0.2) is 11.6 Å². The lowest BCUT2D eigenvalue weighted by atomic mass is 9.54. The van der Waals surface area contributed by atoms with Crippen molar-refractivity contribution in [1.82, 2.24) is 0 Å². The number of phenols is 4. The Kier molecular flexibility index (Phi) is 14.4. The Morgan fingerprint density at radius 2 is 0.621 bits per heavy atom. The van der Waals surface area contributed by atoms with Gasteiger partial charge in [-0.15, -0.1) is 0 Å². The predicted octanol–water partition coefficient (Wildman–Crippen LogP) is 7.64. The van der Waals surface area contributed by atoms with E-state index in [0.717, 1.165) is 22.3 Å². The van der Waals surface area contributed by atoms with Crippen LogP contribution in [-0.2, 0) is 78.9 Å². The SMILES string of the molecule is COCc1cc(C2(c3cc(COC)c(O)c(C(C)=O)c3)CCC(c3cc(COC)c(O)c(COC)c3)(c3cc(COC)c(O)c(C(C)=O)c3)CC2)cc(COC)c1O. The van der Waals surface area contributed by atoms with Crippen molar-refractivity contribution in [3.8, 4) is 23.0 Å². The highest BCUT2D eigenvalue weighted by Gasteiger charge is 2.48. The van der Waals surface area contributed by atoms with Gasteiger partial charge in [-0.1, -0.05) is 0 Å². The third-order valence-electron chi connectivity index (χ3n) is 11.6. The summed E-state index contributed by atoms with van der Waals surface area (Å²) in [5, 5.41) is 45.2. The first kappa shape index (κ1) is 44.3. The monoisotopic (exact) mass is 800 g/mol. The van der Waals surface area contributed by atoms with E-state index in [4.69, 9.17) is 28.4 Å². The second-order valence-corrected chi connectivity index (χ2v) is 15.2. The van der Waals surface area contributed by atoms with Gasteiger partial charge in [-0.05, 0) is 110 Å². The molecule has 312 valence electrons. The Bertz CT molecular complexity index is 1920. The number of rotatable bonds is 18. The zero-order valence-electron chi connectivity index (χ0n) is 34.7. The Balaban J connectivity index is 1.88. The summed E-state index contributed by atoms with van der Waals surface area (Å²) in [7, 11) is 9.28. The molecule has 0 radical (unpaired) electrons. The Hall–Kier alpha value is -4.82. The second kappa shape index (κ2) is 18.8. The molecule has 0 aliphatic heterocycles. The first-order valence-electron chi connectivity index (χ1n) is 19.1. The fraction of sp³-hybridized carbons (Fsp3) is 0.435. The van der Waals surface area contributed by atoms with E-state index >= 15 is 0 Å². The molecule has 4 N–H and O–H groups in total. The van der Waals surface area contributed by atoms with Crippen LogP contribution in [0.3, 0.4) is 0 Å². The minimum Gasteiger partial charge on any atom is -0.507 e. The Morgan fingerprint density at radius 3 is 0.828 bits per heavy atom. The van der Waals surface area contributed by atoms with Crippen molar-refractivity contribution >= 4 is 11.6 Å². The van der Waals surface area contributed by atoms with Gasteiger partial charge in [0.25, 0.3) is 0 Å². The van der Waals surface area contributed by atoms with Crippen molar-refractivity contribution in [3.63, 3.8) is 0 Å². The highest BCUT2D eigenvalue weighted by Crippen LogP contribution is 2.56. The summed E-state index contributed by atoms with van der Waals surface area (Å²) in [4.78, 5) is 26.3. The van der Waals surface area contributed by atoms with Crippen molar-refractivity contribution in [2.24, 2.45) is 0 Å². The fourth-order valence-electron chi connectivity index (χ4n) is 8.74. The van der Waals surface area contributed by atoms with Crippen LogP contribution in [0.2, 0.25) is 0 Å². The third kappa shape index (κ3) is 8.49. The van der Waals surface area contributed by atoms with Gasteiger partial charge in [-0.2, -0.15) is 0 Å². The standard InChI is InChI=1S/C46H56O12/c1-27(47)39-19-37(17-33(25-57-7)43(39)51)45(35-13-29(21-53-3)41(49)30(14-35)22-54-4)9-11-46(12-10-45,36-15-31(23-55-5)42(50)32(16-36)24-56-6)38-18-34(26-58-8)44(52)40(20-38)28(2)48/h13-20,49-52H,9-12,21-26H2,1-8H3. The molecule has 0 amide bonds. The number of carbonyl (C=O) groups is 2. The van der Waals surface area contributed by atoms with Crippen LogP contribution < -0.4 is 0 Å². The lowest BCUT2D eigenvalue weighted by Gasteiger charge is -2.49. The number of hydrogen-bond donors (Lipinski definition) is 4. The molecule has 12 heteroatoms.